The lowest BCUT2D eigenvalue weighted by Gasteiger charge is -2.10. The summed E-state index contributed by atoms with van der Waals surface area (Å²) in [6, 6.07) is 0. The van der Waals surface area contributed by atoms with Crippen molar-refractivity contribution < 1.29 is 13.2 Å². The Balaban J connectivity index is 2.39. The van der Waals surface area contributed by atoms with Gasteiger partial charge < -0.3 is 0 Å². The van der Waals surface area contributed by atoms with Gasteiger partial charge in [0, 0.05) is 6.54 Å². The zero-order valence-electron chi connectivity index (χ0n) is 8.09. The highest BCUT2D eigenvalue weighted by Gasteiger charge is 2.36. The van der Waals surface area contributed by atoms with Crippen LogP contribution in [0.2, 0.25) is 0 Å². The molecule has 3 nitrogen and oxygen atoms in total. The molecule has 1 aromatic heterocycles. The highest BCUT2D eigenvalue weighted by molar-refractivity contribution is 9.10. The molecule has 1 fully saturated rings. The normalized spacial score (nSPS) is 16.5. The molecule has 1 aliphatic carbocycles. The molecule has 1 aromatic rings. The van der Waals surface area contributed by atoms with Crippen molar-refractivity contribution in [3.63, 3.8) is 0 Å². The largest absolute Gasteiger partial charge is 0.434 e. The van der Waals surface area contributed by atoms with Gasteiger partial charge in [0.15, 0.2) is 5.69 Å². The van der Waals surface area contributed by atoms with Crippen molar-refractivity contribution in [2.45, 2.75) is 25.6 Å². The standard InChI is InChI=1S/C9H8BrF3N2O/c10-6-7(9(11,12)13)14-4-15(8(6)16)3-5-1-2-5/h4-5H,1-3H2. The topological polar surface area (TPSA) is 34.9 Å². The summed E-state index contributed by atoms with van der Waals surface area (Å²) in [6.45, 7) is 0.447. The molecular formula is C9H8BrF3N2O. The second-order valence-electron chi connectivity index (χ2n) is 3.81. The molecule has 2 rings (SSSR count). The molecule has 88 valence electrons. The first-order valence-corrected chi connectivity index (χ1v) is 5.51. The Morgan fingerprint density at radius 3 is 2.62 bits per heavy atom. The minimum atomic E-state index is -4.60. The van der Waals surface area contributed by atoms with E-state index in [1.165, 1.54) is 4.57 Å². The first-order valence-electron chi connectivity index (χ1n) is 4.71. The van der Waals surface area contributed by atoms with E-state index in [4.69, 9.17) is 0 Å². The van der Waals surface area contributed by atoms with Gasteiger partial charge in [-0.25, -0.2) is 4.98 Å². The lowest BCUT2D eigenvalue weighted by molar-refractivity contribution is -0.142. The first-order chi connectivity index (χ1) is 7.39. The van der Waals surface area contributed by atoms with E-state index >= 15 is 0 Å². The minimum Gasteiger partial charge on any atom is -0.298 e. The smallest absolute Gasteiger partial charge is 0.298 e. The van der Waals surface area contributed by atoms with Gasteiger partial charge in [-0.1, -0.05) is 0 Å². The molecule has 0 unspecified atom stereocenters. The molecule has 0 amide bonds. The number of nitrogens with zero attached hydrogens (tertiary/aromatic N) is 2. The third-order valence-corrected chi connectivity index (χ3v) is 3.12. The summed E-state index contributed by atoms with van der Waals surface area (Å²) in [5, 5.41) is 0. The summed E-state index contributed by atoms with van der Waals surface area (Å²) in [5.41, 5.74) is -1.83. The van der Waals surface area contributed by atoms with Gasteiger partial charge in [-0.3, -0.25) is 9.36 Å². The highest BCUT2D eigenvalue weighted by atomic mass is 79.9. The maximum Gasteiger partial charge on any atom is 0.434 e. The van der Waals surface area contributed by atoms with Crippen LogP contribution in [-0.2, 0) is 12.7 Å². The van der Waals surface area contributed by atoms with Crippen LogP contribution in [0, 0.1) is 5.92 Å². The van der Waals surface area contributed by atoms with Crippen molar-refractivity contribution in [1.29, 1.82) is 0 Å². The van der Waals surface area contributed by atoms with Crippen molar-refractivity contribution in [2.24, 2.45) is 5.92 Å². The van der Waals surface area contributed by atoms with Crippen molar-refractivity contribution in [1.82, 2.24) is 9.55 Å². The average Bonchev–Trinajstić information content (AvgIpc) is 2.95. The van der Waals surface area contributed by atoms with Crippen molar-refractivity contribution >= 4 is 15.9 Å². The fourth-order valence-corrected chi connectivity index (χ4v) is 1.93. The van der Waals surface area contributed by atoms with Gasteiger partial charge in [-0.05, 0) is 34.7 Å². The molecule has 0 bridgehead atoms. The molecule has 16 heavy (non-hydrogen) atoms. The maximum atomic E-state index is 12.4. The molecule has 0 saturated heterocycles. The maximum absolute atomic E-state index is 12.4. The summed E-state index contributed by atoms with van der Waals surface area (Å²) in [6.07, 6.45) is -1.60. The van der Waals surface area contributed by atoms with Gasteiger partial charge in [0.25, 0.3) is 5.56 Å². The van der Waals surface area contributed by atoms with Crippen LogP contribution in [0.3, 0.4) is 0 Å². The van der Waals surface area contributed by atoms with Gasteiger partial charge >= 0.3 is 6.18 Å². The van der Waals surface area contributed by atoms with Crippen LogP contribution in [-0.4, -0.2) is 9.55 Å². The van der Waals surface area contributed by atoms with Crippen LogP contribution < -0.4 is 5.56 Å². The summed E-state index contributed by atoms with van der Waals surface area (Å²) >= 11 is 2.66. The van der Waals surface area contributed by atoms with Crippen molar-refractivity contribution in [2.75, 3.05) is 0 Å². The molecule has 0 atom stereocenters. The minimum absolute atomic E-state index is 0.406. The first kappa shape index (κ1) is 11.6. The lowest BCUT2D eigenvalue weighted by atomic mass is 10.3. The third kappa shape index (κ3) is 2.28. The number of halogens is 4. The summed E-state index contributed by atoms with van der Waals surface area (Å²) in [4.78, 5) is 14.9. The Kier molecular flexibility index (Phi) is 2.81. The number of alkyl halides is 3. The fraction of sp³-hybridized carbons (Fsp3) is 0.556. The lowest BCUT2D eigenvalue weighted by Crippen LogP contribution is -2.26. The number of hydrogen-bond acceptors (Lipinski definition) is 2. The van der Waals surface area contributed by atoms with Crippen LogP contribution in [0.15, 0.2) is 15.6 Å². The average molecular weight is 297 g/mol. The molecular weight excluding hydrogens is 289 g/mol. The second-order valence-corrected chi connectivity index (χ2v) is 4.60. The molecule has 1 saturated carbocycles. The monoisotopic (exact) mass is 296 g/mol. The zero-order chi connectivity index (χ0) is 11.9. The molecule has 0 spiro atoms. The van der Waals surface area contributed by atoms with Crippen molar-refractivity contribution in [3.8, 4) is 0 Å². The van der Waals surface area contributed by atoms with Crippen LogP contribution in [0.25, 0.3) is 0 Å². The molecule has 1 aliphatic rings. The summed E-state index contributed by atoms with van der Waals surface area (Å²) in [7, 11) is 0. The zero-order valence-corrected chi connectivity index (χ0v) is 9.68. The second kappa shape index (κ2) is 3.87. The van der Waals surface area contributed by atoms with E-state index in [1.807, 2.05) is 0 Å². The van der Waals surface area contributed by atoms with Gasteiger partial charge in [0.1, 0.15) is 4.47 Å². The third-order valence-electron chi connectivity index (χ3n) is 2.40. The molecule has 1 heterocycles. The number of hydrogen-bond donors (Lipinski definition) is 0. The van der Waals surface area contributed by atoms with Gasteiger partial charge in [0.05, 0.1) is 6.33 Å². The molecule has 7 heteroatoms. The van der Waals surface area contributed by atoms with Crippen LogP contribution in [0.1, 0.15) is 18.5 Å². The molecule has 0 radical (unpaired) electrons. The number of rotatable bonds is 2. The summed E-state index contributed by atoms with van der Waals surface area (Å²) < 4.78 is 37.9. The van der Waals surface area contributed by atoms with Crippen molar-refractivity contribution in [3.05, 3.63) is 26.8 Å². The predicted octanol–water partition coefficient (Wildman–Crippen LogP) is 2.43. The van der Waals surface area contributed by atoms with Gasteiger partial charge in [-0.15, -0.1) is 0 Å². The quantitative estimate of drug-likeness (QED) is 0.840. The van der Waals surface area contributed by atoms with Crippen LogP contribution in [0.4, 0.5) is 13.2 Å². The van der Waals surface area contributed by atoms with Crippen LogP contribution in [0.5, 0.6) is 0 Å². The van der Waals surface area contributed by atoms with E-state index in [2.05, 4.69) is 20.9 Å². The van der Waals surface area contributed by atoms with E-state index in [1.54, 1.807) is 0 Å². The predicted molar refractivity (Wildman–Crippen MR) is 53.9 cm³/mol. The summed E-state index contributed by atoms with van der Waals surface area (Å²) in [5.74, 6) is 0.406. The van der Waals surface area contributed by atoms with Crippen LogP contribution >= 0.6 is 15.9 Å². The highest BCUT2D eigenvalue weighted by Crippen LogP contribution is 2.32. The van der Waals surface area contributed by atoms with E-state index in [0.717, 1.165) is 19.2 Å². The number of aromatic nitrogens is 2. The SMILES string of the molecule is O=c1c(Br)c(C(F)(F)F)ncn1CC1CC1. The van der Waals surface area contributed by atoms with E-state index in [-0.39, 0.29) is 0 Å². The van der Waals surface area contributed by atoms with Gasteiger partial charge in [0.2, 0.25) is 0 Å². The Hall–Kier alpha value is -0.850. The van der Waals surface area contributed by atoms with Gasteiger partial charge in [-0.2, -0.15) is 13.2 Å². The Morgan fingerprint density at radius 1 is 1.50 bits per heavy atom. The molecule has 0 aromatic carbocycles. The van der Waals surface area contributed by atoms with E-state index in [0.29, 0.717) is 12.5 Å². The Morgan fingerprint density at radius 2 is 2.12 bits per heavy atom. The fourth-order valence-electron chi connectivity index (χ4n) is 1.37. The Bertz CT molecular complexity index is 465. The Labute approximate surface area is 97.4 Å². The van der Waals surface area contributed by atoms with E-state index in [9.17, 15) is 18.0 Å². The van der Waals surface area contributed by atoms with E-state index < -0.39 is 21.9 Å². The molecule has 0 N–H and O–H groups in total. The molecule has 0 aliphatic heterocycles.